The Morgan fingerprint density at radius 2 is 2.11 bits per heavy atom. The van der Waals surface area contributed by atoms with Crippen molar-refractivity contribution < 1.29 is 13.9 Å². The fourth-order valence-corrected chi connectivity index (χ4v) is 3.67. The summed E-state index contributed by atoms with van der Waals surface area (Å²) in [6.07, 6.45) is 2.29. The molecule has 27 heavy (non-hydrogen) atoms. The van der Waals surface area contributed by atoms with E-state index < -0.39 is 0 Å². The van der Waals surface area contributed by atoms with E-state index in [2.05, 4.69) is 10.6 Å². The Kier molecular flexibility index (Phi) is 5.12. The predicted molar refractivity (Wildman–Crippen MR) is 106 cm³/mol. The lowest BCUT2D eigenvalue weighted by Gasteiger charge is -2.22. The van der Waals surface area contributed by atoms with E-state index in [0.717, 1.165) is 42.4 Å². The molecule has 1 atom stereocenters. The van der Waals surface area contributed by atoms with Gasteiger partial charge in [0.05, 0.1) is 7.11 Å². The molecule has 1 aliphatic heterocycles. The molecule has 140 valence electrons. The highest BCUT2D eigenvalue weighted by Gasteiger charge is 2.23. The SMILES string of the molecule is COc1ccc2c(-c3ccccc3)c(C(=O)NCC3CCCNC3)oc2c1. The van der Waals surface area contributed by atoms with Gasteiger partial charge in [0.25, 0.3) is 5.91 Å². The van der Waals surface area contributed by atoms with Gasteiger partial charge in [0.2, 0.25) is 5.76 Å². The Labute approximate surface area is 158 Å². The summed E-state index contributed by atoms with van der Waals surface area (Å²) in [6, 6.07) is 15.5. The molecule has 1 aromatic heterocycles. The van der Waals surface area contributed by atoms with E-state index in [9.17, 15) is 4.79 Å². The normalized spacial score (nSPS) is 17.0. The van der Waals surface area contributed by atoms with Crippen molar-refractivity contribution in [2.45, 2.75) is 12.8 Å². The van der Waals surface area contributed by atoms with Gasteiger partial charge < -0.3 is 19.8 Å². The Morgan fingerprint density at radius 3 is 2.85 bits per heavy atom. The minimum atomic E-state index is -0.172. The summed E-state index contributed by atoms with van der Waals surface area (Å²) < 4.78 is 11.3. The predicted octanol–water partition coefficient (Wildman–Crippen LogP) is 3.84. The van der Waals surface area contributed by atoms with Crippen molar-refractivity contribution in [2.75, 3.05) is 26.7 Å². The summed E-state index contributed by atoms with van der Waals surface area (Å²) in [7, 11) is 1.62. The fourth-order valence-electron chi connectivity index (χ4n) is 3.67. The number of piperidine rings is 1. The molecule has 1 unspecified atom stereocenters. The van der Waals surface area contributed by atoms with Crippen molar-refractivity contribution in [3.8, 4) is 16.9 Å². The largest absolute Gasteiger partial charge is 0.497 e. The van der Waals surface area contributed by atoms with E-state index in [0.29, 0.717) is 29.6 Å². The van der Waals surface area contributed by atoms with Crippen molar-refractivity contribution in [1.29, 1.82) is 0 Å². The van der Waals surface area contributed by atoms with Gasteiger partial charge in [-0.05, 0) is 49.5 Å². The van der Waals surface area contributed by atoms with Crippen LogP contribution in [0.4, 0.5) is 0 Å². The van der Waals surface area contributed by atoms with Crippen LogP contribution in [0.15, 0.2) is 52.9 Å². The highest BCUT2D eigenvalue weighted by Crippen LogP contribution is 2.36. The lowest BCUT2D eigenvalue weighted by atomic mass is 9.99. The van der Waals surface area contributed by atoms with Crippen LogP contribution in [-0.2, 0) is 0 Å². The minimum Gasteiger partial charge on any atom is -0.497 e. The number of nitrogens with one attached hydrogen (secondary N) is 2. The number of furan rings is 1. The first kappa shape index (κ1) is 17.6. The molecule has 1 fully saturated rings. The van der Waals surface area contributed by atoms with Crippen LogP contribution < -0.4 is 15.4 Å². The maximum atomic E-state index is 12.9. The van der Waals surface area contributed by atoms with Crippen molar-refractivity contribution in [1.82, 2.24) is 10.6 Å². The molecule has 4 rings (SSSR count). The second-order valence-corrected chi connectivity index (χ2v) is 6.96. The lowest BCUT2D eigenvalue weighted by molar-refractivity contribution is 0.0920. The highest BCUT2D eigenvalue weighted by atomic mass is 16.5. The molecular weight excluding hydrogens is 340 g/mol. The Balaban J connectivity index is 1.68. The molecule has 0 spiro atoms. The summed E-state index contributed by atoms with van der Waals surface area (Å²) in [6.45, 7) is 2.66. The molecule has 2 heterocycles. The standard InChI is InChI=1S/C22H24N2O3/c1-26-17-9-10-18-19(12-17)27-21(20(18)16-7-3-2-4-8-16)22(25)24-14-15-6-5-11-23-13-15/h2-4,7-10,12,15,23H,5-6,11,13-14H2,1H3,(H,24,25). The molecule has 5 nitrogen and oxygen atoms in total. The zero-order valence-electron chi connectivity index (χ0n) is 15.5. The van der Waals surface area contributed by atoms with Crippen LogP contribution in [0.5, 0.6) is 5.75 Å². The minimum absolute atomic E-state index is 0.172. The van der Waals surface area contributed by atoms with Crippen molar-refractivity contribution in [3.63, 3.8) is 0 Å². The fraction of sp³-hybridized carbons (Fsp3) is 0.318. The second-order valence-electron chi connectivity index (χ2n) is 6.96. The number of fused-ring (bicyclic) bond motifs is 1. The maximum absolute atomic E-state index is 12.9. The summed E-state index contributed by atoms with van der Waals surface area (Å²) in [4.78, 5) is 12.9. The van der Waals surface area contributed by atoms with E-state index in [1.54, 1.807) is 7.11 Å². The number of benzene rings is 2. The van der Waals surface area contributed by atoms with Crippen molar-refractivity contribution in [3.05, 3.63) is 54.3 Å². The first-order valence-corrected chi connectivity index (χ1v) is 9.41. The molecule has 3 aromatic rings. The zero-order valence-corrected chi connectivity index (χ0v) is 15.5. The molecule has 5 heteroatoms. The second kappa shape index (κ2) is 7.84. The van der Waals surface area contributed by atoms with Gasteiger partial charge in [-0.15, -0.1) is 0 Å². The quantitative estimate of drug-likeness (QED) is 0.722. The first-order chi connectivity index (χ1) is 13.3. The van der Waals surface area contributed by atoms with Crippen molar-refractivity contribution in [2.24, 2.45) is 5.92 Å². The Bertz CT molecular complexity index is 927. The molecule has 1 saturated heterocycles. The van der Waals surface area contributed by atoms with Crippen LogP contribution in [0.2, 0.25) is 0 Å². The van der Waals surface area contributed by atoms with Crippen LogP contribution in [0.25, 0.3) is 22.1 Å². The van der Waals surface area contributed by atoms with Crippen LogP contribution in [0.1, 0.15) is 23.4 Å². The molecule has 2 N–H and O–H groups in total. The molecule has 1 aliphatic rings. The van der Waals surface area contributed by atoms with Crippen molar-refractivity contribution >= 4 is 16.9 Å². The highest BCUT2D eigenvalue weighted by molar-refractivity contribution is 6.08. The van der Waals surface area contributed by atoms with Gasteiger partial charge in [0.15, 0.2) is 0 Å². The number of ether oxygens (including phenoxy) is 1. The van der Waals surface area contributed by atoms with E-state index >= 15 is 0 Å². The lowest BCUT2D eigenvalue weighted by Crippen LogP contribution is -2.38. The van der Waals surface area contributed by atoms with E-state index in [1.807, 2.05) is 48.5 Å². The van der Waals surface area contributed by atoms with Gasteiger partial charge in [0, 0.05) is 23.6 Å². The van der Waals surface area contributed by atoms with Gasteiger partial charge in [-0.1, -0.05) is 30.3 Å². The van der Waals surface area contributed by atoms with Gasteiger partial charge in [-0.25, -0.2) is 0 Å². The molecule has 1 amide bonds. The molecule has 0 aliphatic carbocycles. The summed E-state index contributed by atoms with van der Waals surface area (Å²) in [5.41, 5.74) is 2.44. The summed E-state index contributed by atoms with van der Waals surface area (Å²) >= 11 is 0. The number of carbonyl (C=O) groups excluding carboxylic acids is 1. The Hall–Kier alpha value is -2.79. The van der Waals surface area contributed by atoms with E-state index in [4.69, 9.17) is 9.15 Å². The number of methoxy groups -OCH3 is 1. The zero-order chi connectivity index (χ0) is 18.6. The number of carbonyl (C=O) groups is 1. The monoisotopic (exact) mass is 364 g/mol. The Morgan fingerprint density at radius 1 is 1.26 bits per heavy atom. The average molecular weight is 364 g/mol. The smallest absolute Gasteiger partial charge is 0.287 e. The van der Waals surface area contributed by atoms with Gasteiger partial charge >= 0.3 is 0 Å². The number of hydrogen-bond acceptors (Lipinski definition) is 4. The number of amides is 1. The van der Waals surface area contributed by atoms with Gasteiger partial charge in [0.1, 0.15) is 11.3 Å². The topological polar surface area (TPSA) is 63.5 Å². The summed E-state index contributed by atoms with van der Waals surface area (Å²) in [5.74, 6) is 1.35. The van der Waals surface area contributed by atoms with Crippen LogP contribution in [0.3, 0.4) is 0 Å². The van der Waals surface area contributed by atoms with E-state index in [1.165, 1.54) is 0 Å². The van der Waals surface area contributed by atoms with Crippen LogP contribution in [-0.4, -0.2) is 32.7 Å². The van der Waals surface area contributed by atoms with Gasteiger partial charge in [-0.2, -0.15) is 0 Å². The molecule has 0 saturated carbocycles. The first-order valence-electron chi connectivity index (χ1n) is 9.41. The third-order valence-corrected chi connectivity index (χ3v) is 5.12. The number of rotatable bonds is 5. The van der Waals surface area contributed by atoms with E-state index in [-0.39, 0.29) is 5.91 Å². The maximum Gasteiger partial charge on any atom is 0.287 e. The molecule has 2 aromatic carbocycles. The molecule has 0 radical (unpaired) electrons. The number of hydrogen-bond donors (Lipinski definition) is 2. The van der Waals surface area contributed by atoms with Crippen LogP contribution >= 0.6 is 0 Å². The summed E-state index contributed by atoms with van der Waals surface area (Å²) in [5, 5.41) is 7.35. The molecule has 0 bridgehead atoms. The van der Waals surface area contributed by atoms with Crippen LogP contribution in [0, 0.1) is 5.92 Å². The average Bonchev–Trinajstić information content (AvgIpc) is 3.12. The molecular formula is C22H24N2O3. The van der Waals surface area contributed by atoms with Gasteiger partial charge in [-0.3, -0.25) is 4.79 Å². The third-order valence-electron chi connectivity index (χ3n) is 5.12. The third kappa shape index (κ3) is 3.69.